The highest BCUT2D eigenvalue weighted by atomic mass is 16.5. The molecule has 1 saturated heterocycles. The molecule has 1 fully saturated rings. The second kappa shape index (κ2) is 7.24. The fourth-order valence-electron chi connectivity index (χ4n) is 2.88. The minimum Gasteiger partial charge on any atom is -0.374 e. The molecule has 1 N–H and O–H groups in total. The summed E-state index contributed by atoms with van der Waals surface area (Å²) in [5, 5.41) is 3.73. The zero-order valence-corrected chi connectivity index (χ0v) is 13.3. The van der Waals surface area contributed by atoms with Crippen LogP contribution in [0.2, 0.25) is 0 Å². The lowest BCUT2D eigenvalue weighted by Gasteiger charge is -2.39. The van der Waals surface area contributed by atoms with Crippen LogP contribution in [-0.2, 0) is 11.3 Å². The molecule has 0 spiro atoms. The summed E-state index contributed by atoms with van der Waals surface area (Å²) in [6.45, 7) is 10.0. The van der Waals surface area contributed by atoms with Crippen molar-refractivity contribution in [2.45, 2.75) is 65.3 Å². The fraction of sp³-hybridized carbons (Fsp3) is 0.667. The highest BCUT2D eigenvalue weighted by Crippen LogP contribution is 2.28. The normalized spacial score (nSPS) is 27.2. The predicted molar refractivity (Wildman–Crippen MR) is 84.6 cm³/mol. The van der Waals surface area contributed by atoms with E-state index in [0.29, 0.717) is 30.1 Å². The highest BCUT2D eigenvalue weighted by molar-refractivity contribution is 5.14. The molecule has 2 heteroatoms. The summed E-state index contributed by atoms with van der Waals surface area (Å²) in [6, 6.07) is 11.2. The highest BCUT2D eigenvalue weighted by Gasteiger charge is 2.32. The van der Waals surface area contributed by atoms with Gasteiger partial charge in [0.15, 0.2) is 0 Å². The van der Waals surface area contributed by atoms with Crippen LogP contribution in [0, 0.1) is 11.8 Å². The Kier molecular flexibility index (Phi) is 5.62. The van der Waals surface area contributed by atoms with Crippen molar-refractivity contribution in [1.82, 2.24) is 5.32 Å². The Balaban J connectivity index is 1.92. The van der Waals surface area contributed by atoms with E-state index in [9.17, 15) is 0 Å². The van der Waals surface area contributed by atoms with E-state index in [0.717, 1.165) is 19.4 Å². The molecule has 1 aromatic rings. The van der Waals surface area contributed by atoms with Crippen LogP contribution in [0.5, 0.6) is 0 Å². The first kappa shape index (κ1) is 15.5. The summed E-state index contributed by atoms with van der Waals surface area (Å²) in [5.41, 5.74) is 1.36. The lowest BCUT2D eigenvalue weighted by molar-refractivity contribution is -0.0995. The Bertz CT molecular complexity index is 372. The minimum absolute atomic E-state index is 0.393. The number of rotatable bonds is 5. The van der Waals surface area contributed by atoms with E-state index in [1.54, 1.807) is 0 Å². The van der Waals surface area contributed by atoms with E-state index < -0.39 is 0 Å². The summed E-state index contributed by atoms with van der Waals surface area (Å²) in [5.74, 6) is 1.19. The van der Waals surface area contributed by atoms with Crippen LogP contribution in [0.15, 0.2) is 30.3 Å². The zero-order valence-electron chi connectivity index (χ0n) is 13.3. The third kappa shape index (κ3) is 4.32. The molecule has 2 rings (SSSR count). The second-order valence-electron chi connectivity index (χ2n) is 6.74. The topological polar surface area (TPSA) is 21.3 Å². The van der Waals surface area contributed by atoms with Crippen molar-refractivity contribution in [3.63, 3.8) is 0 Å². The third-order valence-electron chi connectivity index (χ3n) is 4.31. The predicted octanol–water partition coefficient (Wildman–Crippen LogP) is 4.00. The number of nitrogens with one attached hydrogen (secondary N) is 1. The van der Waals surface area contributed by atoms with Gasteiger partial charge in [0.2, 0.25) is 0 Å². The number of ether oxygens (including phenoxy) is 1. The van der Waals surface area contributed by atoms with Gasteiger partial charge in [0.25, 0.3) is 0 Å². The molecule has 0 radical (unpaired) electrons. The molecular formula is C18H29NO. The van der Waals surface area contributed by atoms with Gasteiger partial charge in [-0.15, -0.1) is 0 Å². The first-order valence-corrected chi connectivity index (χ1v) is 7.99. The van der Waals surface area contributed by atoms with Crippen molar-refractivity contribution in [3.8, 4) is 0 Å². The molecule has 0 bridgehead atoms. The largest absolute Gasteiger partial charge is 0.374 e. The lowest BCUT2D eigenvalue weighted by Crippen LogP contribution is -2.46. The second-order valence-corrected chi connectivity index (χ2v) is 6.74. The maximum atomic E-state index is 6.25. The van der Waals surface area contributed by atoms with Gasteiger partial charge in [0.05, 0.1) is 12.2 Å². The van der Waals surface area contributed by atoms with Gasteiger partial charge in [0, 0.05) is 12.6 Å². The fourth-order valence-corrected chi connectivity index (χ4v) is 2.88. The summed E-state index contributed by atoms with van der Waals surface area (Å²) in [4.78, 5) is 0. The molecular weight excluding hydrogens is 246 g/mol. The Hall–Kier alpha value is -0.860. The van der Waals surface area contributed by atoms with Crippen LogP contribution in [0.25, 0.3) is 0 Å². The van der Waals surface area contributed by atoms with Crippen molar-refractivity contribution < 1.29 is 4.74 Å². The average Bonchev–Trinajstić information content (AvgIpc) is 2.45. The Labute approximate surface area is 123 Å². The molecule has 1 aliphatic heterocycles. The van der Waals surface area contributed by atoms with Gasteiger partial charge >= 0.3 is 0 Å². The van der Waals surface area contributed by atoms with E-state index >= 15 is 0 Å². The van der Waals surface area contributed by atoms with E-state index in [2.05, 4.69) is 63.3 Å². The summed E-state index contributed by atoms with van der Waals surface area (Å²) < 4.78 is 6.25. The molecule has 0 aromatic heterocycles. The van der Waals surface area contributed by atoms with Crippen molar-refractivity contribution in [2.75, 3.05) is 0 Å². The van der Waals surface area contributed by atoms with Crippen molar-refractivity contribution in [1.29, 1.82) is 0 Å². The van der Waals surface area contributed by atoms with Gasteiger partial charge in [-0.3, -0.25) is 0 Å². The summed E-state index contributed by atoms with van der Waals surface area (Å²) >= 11 is 0. The van der Waals surface area contributed by atoms with Gasteiger partial charge in [0.1, 0.15) is 0 Å². The van der Waals surface area contributed by atoms with Crippen LogP contribution < -0.4 is 5.32 Å². The van der Waals surface area contributed by atoms with Crippen LogP contribution >= 0.6 is 0 Å². The van der Waals surface area contributed by atoms with E-state index in [-0.39, 0.29) is 0 Å². The standard InChI is InChI=1S/C18H29NO/c1-13(2)17-10-16(11-18(20-17)14(3)4)19-12-15-8-6-5-7-9-15/h5-9,13-14,16-19H,10-12H2,1-4H3/t17-,18-/m1/s1. The molecule has 0 unspecified atom stereocenters. The van der Waals surface area contributed by atoms with E-state index in [1.165, 1.54) is 5.56 Å². The Morgan fingerprint density at radius 3 is 2.05 bits per heavy atom. The van der Waals surface area contributed by atoms with Gasteiger partial charge in [-0.05, 0) is 30.2 Å². The van der Waals surface area contributed by atoms with Crippen molar-refractivity contribution >= 4 is 0 Å². The lowest BCUT2D eigenvalue weighted by atomic mass is 9.88. The van der Waals surface area contributed by atoms with Gasteiger partial charge in [-0.25, -0.2) is 0 Å². The zero-order chi connectivity index (χ0) is 14.5. The summed E-state index contributed by atoms with van der Waals surface area (Å²) in [6.07, 6.45) is 3.05. The maximum absolute atomic E-state index is 6.25. The van der Waals surface area contributed by atoms with Crippen LogP contribution in [-0.4, -0.2) is 18.2 Å². The first-order valence-electron chi connectivity index (χ1n) is 7.99. The molecule has 2 atom stereocenters. The van der Waals surface area contributed by atoms with Gasteiger partial charge in [-0.1, -0.05) is 58.0 Å². The molecule has 1 heterocycles. The first-order chi connectivity index (χ1) is 9.56. The molecule has 0 aliphatic carbocycles. The maximum Gasteiger partial charge on any atom is 0.0616 e. The number of benzene rings is 1. The molecule has 2 nitrogen and oxygen atoms in total. The van der Waals surface area contributed by atoms with Crippen LogP contribution in [0.4, 0.5) is 0 Å². The van der Waals surface area contributed by atoms with Gasteiger partial charge < -0.3 is 10.1 Å². The molecule has 0 amide bonds. The smallest absolute Gasteiger partial charge is 0.0616 e. The quantitative estimate of drug-likeness (QED) is 0.877. The Morgan fingerprint density at radius 2 is 1.55 bits per heavy atom. The SMILES string of the molecule is CC(C)[C@H]1CC(NCc2ccccc2)C[C@H](C(C)C)O1. The average molecular weight is 275 g/mol. The number of hydrogen-bond acceptors (Lipinski definition) is 2. The summed E-state index contributed by atoms with van der Waals surface area (Å²) in [7, 11) is 0. The van der Waals surface area contributed by atoms with E-state index in [1.807, 2.05) is 0 Å². The third-order valence-corrected chi connectivity index (χ3v) is 4.31. The monoisotopic (exact) mass is 275 g/mol. The van der Waals surface area contributed by atoms with Crippen LogP contribution in [0.1, 0.15) is 46.1 Å². The van der Waals surface area contributed by atoms with Gasteiger partial charge in [-0.2, -0.15) is 0 Å². The molecule has 0 saturated carbocycles. The Morgan fingerprint density at radius 1 is 1.00 bits per heavy atom. The molecule has 1 aromatic carbocycles. The minimum atomic E-state index is 0.393. The van der Waals surface area contributed by atoms with Crippen molar-refractivity contribution in [3.05, 3.63) is 35.9 Å². The molecule has 112 valence electrons. The van der Waals surface area contributed by atoms with E-state index in [4.69, 9.17) is 4.74 Å². The number of hydrogen-bond donors (Lipinski definition) is 1. The molecule has 1 aliphatic rings. The van der Waals surface area contributed by atoms with Crippen LogP contribution in [0.3, 0.4) is 0 Å². The van der Waals surface area contributed by atoms with Crippen molar-refractivity contribution in [2.24, 2.45) is 11.8 Å². The molecule has 20 heavy (non-hydrogen) atoms.